The Morgan fingerprint density at radius 3 is 3.00 bits per heavy atom. The first-order valence-corrected chi connectivity index (χ1v) is 7.53. The lowest BCUT2D eigenvalue weighted by atomic mass is 10.1. The molecule has 23 heavy (non-hydrogen) atoms. The number of nitrogens with zero attached hydrogens (tertiary/aromatic N) is 3. The maximum Gasteiger partial charge on any atom is 0.335 e. The zero-order valence-corrected chi connectivity index (χ0v) is 13.2. The molecule has 0 aromatic carbocycles. The Bertz CT molecular complexity index is 722. The van der Waals surface area contributed by atoms with Crippen LogP contribution >= 0.6 is 0 Å². The van der Waals surface area contributed by atoms with E-state index in [0.29, 0.717) is 35.5 Å². The average molecular weight is 317 g/mol. The number of aromatic carboxylic acids is 1. The Kier molecular flexibility index (Phi) is 4.29. The summed E-state index contributed by atoms with van der Waals surface area (Å²) < 4.78 is 12.6. The zero-order chi connectivity index (χ0) is 16.4. The van der Waals surface area contributed by atoms with Gasteiger partial charge in [0.15, 0.2) is 0 Å². The average Bonchev–Trinajstić information content (AvgIpc) is 3.26. The van der Waals surface area contributed by atoms with Crippen molar-refractivity contribution >= 4 is 5.97 Å². The van der Waals surface area contributed by atoms with Gasteiger partial charge >= 0.3 is 5.97 Å². The Morgan fingerprint density at radius 2 is 2.30 bits per heavy atom. The second-order valence-corrected chi connectivity index (χ2v) is 5.62. The first-order valence-electron chi connectivity index (χ1n) is 7.53. The molecule has 122 valence electrons. The van der Waals surface area contributed by atoms with E-state index in [1.54, 1.807) is 30.9 Å². The van der Waals surface area contributed by atoms with Gasteiger partial charge < -0.3 is 14.6 Å². The van der Waals surface area contributed by atoms with Gasteiger partial charge in [0, 0.05) is 12.7 Å². The molecule has 2 aromatic rings. The third-order valence-electron chi connectivity index (χ3n) is 3.67. The highest BCUT2D eigenvalue weighted by Gasteiger charge is 2.22. The molecule has 3 heterocycles. The van der Waals surface area contributed by atoms with Gasteiger partial charge in [0.1, 0.15) is 0 Å². The summed E-state index contributed by atoms with van der Waals surface area (Å²) in [4.78, 5) is 15.6. The zero-order valence-electron chi connectivity index (χ0n) is 13.2. The van der Waals surface area contributed by atoms with Crippen molar-refractivity contribution in [1.29, 1.82) is 0 Å². The lowest BCUT2D eigenvalue weighted by Crippen LogP contribution is -2.05. The summed E-state index contributed by atoms with van der Waals surface area (Å²) in [5, 5.41) is 13.4. The number of hydrogen-bond donors (Lipinski definition) is 1. The van der Waals surface area contributed by atoms with E-state index in [1.165, 1.54) is 6.07 Å². The lowest BCUT2D eigenvalue weighted by molar-refractivity contribution is 0.0696. The number of aromatic nitrogens is 3. The van der Waals surface area contributed by atoms with Crippen molar-refractivity contribution in [2.45, 2.75) is 25.9 Å². The fourth-order valence-corrected chi connectivity index (χ4v) is 2.42. The largest absolute Gasteiger partial charge is 0.478 e. The van der Waals surface area contributed by atoms with Crippen LogP contribution in [0.15, 0.2) is 18.3 Å². The number of rotatable bonds is 7. The molecule has 7 nitrogen and oxygen atoms in total. The first kappa shape index (κ1) is 15.5. The first-order chi connectivity index (χ1) is 11.0. The minimum Gasteiger partial charge on any atom is -0.478 e. The molecule has 3 rings (SSSR count). The van der Waals surface area contributed by atoms with Crippen LogP contribution < -0.4 is 4.74 Å². The van der Waals surface area contributed by atoms with Crippen LogP contribution in [0.25, 0.3) is 11.3 Å². The highest BCUT2D eigenvalue weighted by molar-refractivity contribution is 5.89. The van der Waals surface area contributed by atoms with E-state index in [-0.39, 0.29) is 5.56 Å². The van der Waals surface area contributed by atoms with Crippen molar-refractivity contribution in [1.82, 2.24) is 14.8 Å². The van der Waals surface area contributed by atoms with Gasteiger partial charge in [-0.1, -0.05) is 0 Å². The quantitative estimate of drug-likeness (QED) is 0.621. The molecule has 0 amide bonds. The Hall–Kier alpha value is -2.41. The van der Waals surface area contributed by atoms with Crippen LogP contribution in [0.3, 0.4) is 0 Å². The van der Waals surface area contributed by atoms with Gasteiger partial charge in [-0.2, -0.15) is 5.10 Å². The van der Waals surface area contributed by atoms with Crippen molar-refractivity contribution in [3.8, 4) is 17.1 Å². The van der Waals surface area contributed by atoms with Gasteiger partial charge in [-0.3, -0.25) is 4.98 Å². The summed E-state index contributed by atoms with van der Waals surface area (Å²) in [6, 6.07) is 3.08. The Balaban J connectivity index is 1.80. The van der Waals surface area contributed by atoms with Gasteiger partial charge in [0.25, 0.3) is 0 Å². The number of carboxylic acid groups (broad SMARTS) is 1. The van der Waals surface area contributed by atoms with Crippen LogP contribution in [0.1, 0.15) is 28.9 Å². The summed E-state index contributed by atoms with van der Waals surface area (Å²) in [7, 11) is 1.79. The Labute approximate surface area is 133 Å². The minimum absolute atomic E-state index is 0.202. The topological polar surface area (TPSA) is 89.8 Å². The molecule has 2 aromatic heterocycles. The normalized spacial score (nSPS) is 16.3. The number of pyridine rings is 1. The molecule has 0 spiro atoms. The molecule has 1 atom stereocenters. The van der Waals surface area contributed by atoms with Gasteiger partial charge in [-0.05, 0) is 31.9 Å². The fraction of sp³-hybridized carbons (Fsp3) is 0.438. The smallest absolute Gasteiger partial charge is 0.335 e. The van der Waals surface area contributed by atoms with E-state index in [4.69, 9.17) is 9.47 Å². The molecule has 1 aliphatic heterocycles. The van der Waals surface area contributed by atoms with Gasteiger partial charge in [0.2, 0.25) is 5.88 Å². The number of carbonyl (C=O) groups is 1. The van der Waals surface area contributed by atoms with E-state index in [1.807, 2.05) is 0 Å². The molecule has 1 N–H and O–H groups in total. The molecule has 0 saturated carbocycles. The van der Waals surface area contributed by atoms with Gasteiger partial charge in [-0.15, -0.1) is 0 Å². The number of hydrogen-bond acceptors (Lipinski definition) is 5. The van der Waals surface area contributed by atoms with Crippen LogP contribution in [0.4, 0.5) is 0 Å². The van der Waals surface area contributed by atoms with Crippen LogP contribution in [-0.4, -0.2) is 45.2 Å². The van der Waals surface area contributed by atoms with Crippen molar-refractivity contribution < 1.29 is 19.4 Å². The second kappa shape index (κ2) is 6.37. The molecule has 1 aliphatic rings. The van der Waals surface area contributed by atoms with Crippen molar-refractivity contribution in [3.63, 3.8) is 0 Å². The van der Waals surface area contributed by atoms with Crippen LogP contribution in [0, 0.1) is 6.92 Å². The number of ether oxygens (including phenoxy) is 2. The Morgan fingerprint density at radius 1 is 1.52 bits per heavy atom. The number of carboxylic acids is 1. The van der Waals surface area contributed by atoms with Crippen LogP contribution in [-0.2, 0) is 11.8 Å². The maximum atomic E-state index is 11.2. The number of epoxide rings is 1. The van der Waals surface area contributed by atoms with E-state index in [0.717, 1.165) is 19.4 Å². The fourth-order valence-electron chi connectivity index (χ4n) is 2.42. The van der Waals surface area contributed by atoms with E-state index >= 15 is 0 Å². The molecule has 0 bridgehead atoms. The van der Waals surface area contributed by atoms with Crippen molar-refractivity contribution in [2.24, 2.45) is 7.05 Å². The van der Waals surface area contributed by atoms with E-state index in [9.17, 15) is 9.90 Å². The van der Waals surface area contributed by atoms with Gasteiger partial charge in [-0.25, -0.2) is 9.48 Å². The molecular weight excluding hydrogens is 298 g/mol. The maximum absolute atomic E-state index is 11.2. The molecule has 0 radical (unpaired) electrons. The number of aryl methyl sites for hydroxylation is 2. The highest BCUT2D eigenvalue weighted by Crippen LogP contribution is 2.29. The van der Waals surface area contributed by atoms with Gasteiger partial charge in [0.05, 0.1) is 42.3 Å². The summed E-state index contributed by atoms with van der Waals surface area (Å²) in [6.07, 6.45) is 3.92. The predicted molar refractivity (Wildman–Crippen MR) is 82.6 cm³/mol. The van der Waals surface area contributed by atoms with Crippen molar-refractivity contribution in [2.75, 3.05) is 13.2 Å². The van der Waals surface area contributed by atoms with Crippen molar-refractivity contribution in [3.05, 3.63) is 29.6 Å². The SMILES string of the molecule is Cc1cc(C(=O)O)cc(-c2cnn(C)c2OCCCC2CO2)n1. The van der Waals surface area contributed by atoms with Crippen LogP contribution in [0.5, 0.6) is 5.88 Å². The summed E-state index contributed by atoms with van der Waals surface area (Å²) in [5.41, 5.74) is 2.09. The van der Waals surface area contributed by atoms with Crippen LogP contribution in [0.2, 0.25) is 0 Å². The van der Waals surface area contributed by atoms with E-state index < -0.39 is 5.97 Å². The monoisotopic (exact) mass is 317 g/mol. The highest BCUT2D eigenvalue weighted by atomic mass is 16.6. The molecule has 7 heteroatoms. The summed E-state index contributed by atoms with van der Waals surface area (Å²) in [5.74, 6) is -0.385. The third-order valence-corrected chi connectivity index (χ3v) is 3.67. The minimum atomic E-state index is -0.979. The van der Waals surface area contributed by atoms with E-state index in [2.05, 4.69) is 10.1 Å². The molecular formula is C16H19N3O4. The summed E-state index contributed by atoms with van der Waals surface area (Å²) >= 11 is 0. The molecule has 1 saturated heterocycles. The molecule has 1 unspecified atom stereocenters. The third kappa shape index (κ3) is 3.68. The second-order valence-electron chi connectivity index (χ2n) is 5.62. The molecule has 1 fully saturated rings. The lowest BCUT2D eigenvalue weighted by Gasteiger charge is -2.09. The standard InChI is InChI=1S/C16H19N3O4/c1-10-6-11(16(20)21)7-14(18-10)13-8-17-19(2)15(13)22-5-3-4-12-9-23-12/h6-8,12H,3-5,9H2,1-2H3,(H,20,21). The summed E-state index contributed by atoms with van der Waals surface area (Å²) in [6.45, 7) is 3.18. The molecule has 0 aliphatic carbocycles. The predicted octanol–water partition coefficient (Wildman–Crippen LogP) is 2.05.